The van der Waals surface area contributed by atoms with Gasteiger partial charge in [-0.2, -0.15) is 0 Å². The molecule has 1 rings (SSSR count). The Morgan fingerprint density at radius 2 is 2.08 bits per heavy atom. The van der Waals surface area contributed by atoms with E-state index in [0.717, 1.165) is 0 Å². The maximum absolute atomic E-state index is 13.1. The summed E-state index contributed by atoms with van der Waals surface area (Å²) >= 11 is 0. The van der Waals surface area contributed by atoms with Gasteiger partial charge in [0, 0.05) is 6.92 Å². The minimum atomic E-state index is -1.23. The van der Waals surface area contributed by atoms with Crippen molar-refractivity contribution in [1.82, 2.24) is 5.32 Å². The van der Waals surface area contributed by atoms with E-state index in [9.17, 15) is 14.0 Å². The highest BCUT2D eigenvalue weighted by molar-refractivity contribution is 5.74. The Bertz CT molecular complexity index is 231. The van der Waals surface area contributed by atoms with Crippen molar-refractivity contribution in [3.8, 4) is 0 Å². The van der Waals surface area contributed by atoms with Crippen molar-refractivity contribution in [2.24, 2.45) is 5.92 Å². The summed E-state index contributed by atoms with van der Waals surface area (Å²) in [7, 11) is 0. The fourth-order valence-corrected chi connectivity index (χ4v) is 1.60. The number of nitrogens with one attached hydrogen (secondary N) is 1. The summed E-state index contributed by atoms with van der Waals surface area (Å²) in [4.78, 5) is 21.1. The van der Waals surface area contributed by atoms with Gasteiger partial charge in [-0.15, -0.1) is 0 Å². The lowest BCUT2D eigenvalue weighted by atomic mass is 10.1. The molecule has 0 radical (unpaired) electrons. The molecule has 0 aromatic rings. The van der Waals surface area contributed by atoms with Crippen molar-refractivity contribution >= 4 is 11.9 Å². The van der Waals surface area contributed by atoms with Gasteiger partial charge in [-0.25, -0.2) is 4.39 Å². The van der Waals surface area contributed by atoms with E-state index < -0.39 is 24.1 Å². The molecule has 0 unspecified atom stereocenters. The maximum atomic E-state index is 13.1. The molecule has 0 heterocycles. The zero-order chi connectivity index (χ0) is 10.0. The monoisotopic (exact) mass is 189 g/mol. The Morgan fingerprint density at radius 1 is 1.46 bits per heavy atom. The smallest absolute Gasteiger partial charge is 0.306 e. The minimum absolute atomic E-state index is 0.000278. The average Bonchev–Trinajstić information content (AvgIpc) is 2.31. The normalized spacial score (nSPS) is 32.9. The Kier molecular flexibility index (Phi) is 2.85. The van der Waals surface area contributed by atoms with Crippen molar-refractivity contribution in [3.05, 3.63) is 0 Å². The molecule has 13 heavy (non-hydrogen) atoms. The molecule has 2 N–H and O–H groups in total. The number of carboxylic acids is 1. The molecule has 74 valence electrons. The van der Waals surface area contributed by atoms with E-state index in [4.69, 9.17) is 5.11 Å². The standard InChI is InChI=1S/C8H12FNO3/c1-4(11)10-7-3-5(8(12)13)2-6(7)9/h5-7H,2-3H2,1H3,(H,10,11)(H,12,13)/t5-,6+,7+/m1/s1. The second kappa shape index (κ2) is 3.72. The minimum Gasteiger partial charge on any atom is -0.481 e. The van der Waals surface area contributed by atoms with E-state index in [1.54, 1.807) is 0 Å². The zero-order valence-electron chi connectivity index (χ0n) is 7.29. The first-order valence-electron chi connectivity index (χ1n) is 4.14. The van der Waals surface area contributed by atoms with Crippen LogP contribution in [0.15, 0.2) is 0 Å². The van der Waals surface area contributed by atoms with Gasteiger partial charge in [-0.1, -0.05) is 0 Å². The molecule has 5 heteroatoms. The molecule has 0 spiro atoms. The highest BCUT2D eigenvalue weighted by Crippen LogP contribution is 2.28. The summed E-state index contributed by atoms with van der Waals surface area (Å²) in [5.41, 5.74) is 0. The lowest BCUT2D eigenvalue weighted by Crippen LogP contribution is -2.36. The third kappa shape index (κ3) is 2.40. The first-order chi connectivity index (χ1) is 6.00. The molecule has 0 aliphatic heterocycles. The van der Waals surface area contributed by atoms with Crippen molar-refractivity contribution < 1.29 is 19.1 Å². The van der Waals surface area contributed by atoms with Gasteiger partial charge in [0.05, 0.1) is 12.0 Å². The van der Waals surface area contributed by atoms with Crippen LogP contribution < -0.4 is 5.32 Å². The summed E-state index contributed by atoms with van der Waals surface area (Å²) in [6.07, 6.45) is -1.04. The topological polar surface area (TPSA) is 66.4 Å². The molecule has 1 fully saturated rings. The maximum Gasteiger partial charge on any atom is 0.306 e. The SMILES string of the molecule is CC(=O)N[C@H]1C[C@H](C(=O)O)C[C@@H]1F. The van der Waals surface area contributed by atoms with Crippen LogP contribution in [-0.2, 0) is 9.59 Å². The lowest BCUT2D eigenvalue weighted by molar-refractivity contribution is -0.141. The van der Waals surface area contributed by atoms with Crippen LogP contribution >= 0.6 is 0 Å². The van der Waals surface area contributed by atoms with Gasteiger partial charge in [0.1, 0.15) is 6.17 Å². The van der Waals surface area contributed by atoms with Gasteiger partial charge in [0.2, 0.25) is 5.91 Å². The van der Waals surface area contributed by atoms with E-state index in [1.165, 1.54) is 6.92 Å². The summed E-state index contributed by atoms with van der Waals surface area (Å²) < 4.78 is 13.1. The number of carboxylic acid groups (broad SMARTS) is 1. The molecule has 3 atom stereocenters. The van der Waals surface area contributed by atoms with Gasteiger partial charge in [0.25, 0.3) is 0 Å². The Morgan fingerprint density at radius 3 is 2.46 bits per heavy atom. The van der Waals surface area contributed by atoms with Crippen LogP contribution in [0.5, 0.6) is 0 Å². The Labute approximate surface area is 75.1 Å². The number of carbonyl (C=O) groups excluding carboxylic acids is 1. The number of amides is 1. The molecule has 1 aliphatic carbocycles. The quantitative estimate of drug-likeness (QED) is 0.657. The molecule has 1 aliphatic rings. The molecular weight excluding hydrogens is 177 g/mol. The van der Waals surface area contributed by atoms with Crippen molar-refractivity contribution in [3.63, 3.8) is 0 Å². The van der Waals surface area contributed by atoms with Crippen LogP contribution in [0.3, 0.4) is 0 Å². The van der Waals surface area contributed by atoms with E-state index in [2.05, 4.69) is 5.32 Å². The summed E-state index contributed by atoms with van der Waals surface area (Å²) in [6.45, 7) is 1.29. The second-order valence-corrected chi connectivity index (χ2v) is 3.33. The summed E-state index contributed by atoms with van der Waals surface area (Å²) in [6, 6.07) is -0.626. The third-order valence-corrected chi connectivity index (χ3v) is 2.22. The van der Waals surface area contributed by atoms with Crippen molar-refractivity contribution in [1.29, 1.82) is 0 Å². The van der Waals surface area contributed by atoms with Gasteiger partial charge in [0.15, 0.2) is 0 Å². The number of carbonyl (C=O) groups is 2. The number of halogens is 1. The molecular formula is C8H12FNO3. The predicted molar refractivity (Wildman–Crippen MR) is 42.9 cm³/mol. The number of hydrogen-bond donors (Lipinski definition) is 2. The number of alkyl halides is 1. The highest BCUT2D eigenvalue weighted by Gasteiger charge is 2.38. The molecule has 4 nitrogen and oxygen atoms in total. The Hall–Kier alpha value is -1.13. The first-order valence-corrected chi connectivity index (χ1v) is 4.14. The molecule has 1 amide bonds. The van der Waals surface area contributed by atoms with Gasteiger partial charge < -0.3 is 10.4 Å². The van der Waals surface area contributed by atoms with Crippen LogP contribution in [0.1, 0.15) is 19.8 Å². The number of aliphatic carboxylic acids is 1. The Balaban J connectivity index is 2.51. The largest absolute Gasteiger partial charge is 0.481 e. The molecule has 1 saturated carbocycles. The van der Waals surface area contributed by atoms with Crippen LogP contribution in [-0.4, -0.2) is 29.2 Å². The zero-order valence-corrected chi connectivity index (χ0v) is 7.29. The molecule has 0 saturated heterocycles. The first kappa shape index (κ1) is 9.95. The molecule has 0 bridgehead atoms. The van der Waals surface area contributed by atoms with Crippen molar-refractivity contribution in [2.75, 3.05) is 0 Å². The van der Waals surface area contributed by atoms with Gasteiger partial charge in [-0.3, -0.25) is 9.59 Å². The van der Waals surface area contributed by atoms with E-state index in [1.807, 2.05) is 0 Å². The van der Waals surface area contributed by atoms with Gasteiger partial charge in [-0.05, 0) is 12.8 Å². The average molecular weight is 189 g/mol. The lowest BCUT2D eigenvalue weighted by Gasteiger charge is -2.12. The molecule has 0 aromatic heterocycles. The third-order valence-electron chi connectivity index (χ3n) is 2.22. The van der Waals surface area contributed by atoms with Crippen LogP contribution in [0.25, 0.3) is 0 Å². The molecule has 0 aromatic carbocycles. The van der Waals surface area contributed by atoms with Crippen LogP contribution in [0.2, 0.25) is 0 Å². The highest BCUT2D eigenvalue weighted by atomic mass is 19.1. The fourth-order valence-electron chi connectivity index (χ4n) is 1.60. The predicted octanol–water partition coefficient (Wildman–Crippen LogP) is 0.324. The summed E-state index contributed by atoms with van der Waals surface area (Å²) in [5.74, 6) is -1.97. The number of hydrogen-bond acceptors (Lipinski definition) is 2. The summed E-state index contributed by atoms with van der Waals surface area (Å²) in [5, 5.41) is 11.0. The second-order valence-electron chi connectivity index (χ2n) is 3.33. The van der Waals surface area contributed by atoms with E-state index in [0.29, 0.717) is 0 Å². The van der Waals surface area contributed by atoms with Crippen LogP contribution in [0, 0.1) is 5.92 Å². The fraction of sp³-hybridized carbons (Fsp3) is 0.750. The number of rotatable bonds is 2. The van der Waals surface area contributed by atoms with E-state index >= 15 is 0 Å². The van der Waals surface area contributed by atoms with Crippen LogP contribution in [0.4, 0.5) is 4.39 Å². The van der Waals surface area contributed by atoms with E-state index in [-0.39, 0.29) is 18.7 Å². The van der Waals surface area contributed by atoms with Gasteiger partial charge >= 0.3 is 5.97 Å². The van der Waals surface area contributed by atoms with Crippen molar-refractivity contribution in [2.45, 2.75) is 32.0 Å².